The molecule has 5 rings (SSSR count). The second-order valence-electron chi connectivity index (χ2n) is 7.85. The fourth-order valence-electron chi connectivity index (χ4n) is 4.61. The van der Waals surface area contributed by atoms with Crippen molar-refractivity contribution in [3.63, 3.8) is 0 Å². The van der Waals surface area contributed by atoms with E-state index in [1.54, 1.807) is 32.3 Å². The van der Waals surface area contributed by atoms with Crippen molar-refractivity contribution < 1.29 is 23.4 Å². The third kappa shape index (κ3) is 3.12. The molecule has 0 radical (unpaired) electrons. The zero-order chi connectivity index (χ0) is 22.4. The number of hydrogen-bond acceptors (Lipinski definition) is 8. The van der Waals surface area contributed by atoms with Crippen LogP contribution in [-0.4, -0.2) is 41.9 Å². The summed E-state index contributed by atoms with van der Waals surface area (Å²) in [5.41, 5.74) is 2.30. The van der Waals surface area contributed by atoms with Crippen molar-refractivity contribution in [2.24, 2.45) is 0 Å². The summed E-state index contributed by atoms with van der Waals surface area (Å²) in [4.78, 5) is 18.0. The second-order valence-corrected chi connectivity index (χ2v) is 7.85. The van der Waals surface area contributed by atoms with Crippen LogP contribution < -0.4 is 19.5 Å². The summed E-state index contributed by atoms with van der Waals surface area (Å²) in [6, 6.07) is 7.00. The number of nitrogens with one attached hydrogen (secondary N) is 1. The number of aryl methyl sites for hydroxylation is 1. The number of hydrogen-bond donors (Lipinski definition) is 1. The molecule has 0 amide bonds. The Balaban J connectivity index is 1.67. The Morgan fingerprint density at radius 3 is 2.50 bits per heavy atom. The van der Waals surface area contributed by atoms with E-state index in [2.05, 4.69) is 15.4 Å². The molecule has 9 nitrogen and oxygen atoms in total. The summed E-state index contributed by atoms with van der Waals surface area (Å²) < 4.78 is 23.9. The molecule has 0 spiro atoms. The van der Waals surface area contributed by atoms with Gasteiger partial charge in [0.2, 0.25) is 11.7 Å². The molecule has 2 aliphatic rings. The number of furan rings is 1. The van der Waals surface area contributed by atoms with Gasteiger partial charge in [-0.15, -0.1) is 0 Å². The van der Waals surface area contributed by atoms with E-state index in [1.807, 2.05) is 31.2 Å². The molecule has 0 fully saturated rings. The number of benzene rings is 1. The van der Waals surface area contributed by atoms with Crippen molar-refractivity contribution >= 4 is 11.7 Å². The van der Waals surface area contributed by atoms with Gasteiger partial charge in [-0.2, -0.15) is 10.1 Å². The number of rotatable bonds is 5. The molecule has 3 heterocycles. The average molecular weight is 436 g/mol. The molecule has 9 heteroatoms. The van der Waals surface area contributed by atoms with Crippen LogP contribution in [0.1, 0.15) is 41.9 Å². The zero-order valence-electron chi connectivity index (χ0n) is 18.3. The minimum absolute atomic E-state index is 0.0279. The molecule has 1 aromatic carbocycles. The largest absolute Gasteiger partial charge is 0.493 e. The number of nitrogens with zero attached hydrogens (tertiary/aromatic N) is 3. The lowest BCUT2D eigenvalue weighted by molar-refractivity contribution is -0.117. The number of Topliss-reactive ketones (excluding diaryl/α,β-unsaturated/α-hetero) is 1. The van der Waals surface area contributed by atoms with E-state index in [1.165, 1.54) is 0 Å². The fourth-order valence-corrected chi connectivity index (χ4v) is 4.61. The molecule has 0 saturated carbocycles. The first-order valence-corrected chi connectivity index (χ1v) is 10.3. The van der Waals surface area contributed by atoms with Crippen LogP contribution in [0.15, 0.2) is 46.2 Å². The number of allylic oxidation sites excluding steroid dienone is 2. The van der Waals surface area contributed by atoms with Crippen LogP contribution >= 0.6 is 0 Å². The highest BCUT2D eigenvalue weighted by molar-refractivity contribution is 6.00. The Bertz CT molecular complexity index is 1190. The lowest BCUT2D eigenvalue weighted by Crippen LogP contribution is -2.33. The summed E-state index contributed by atoms with van der Waals surface area (Å²) in [5, 5.41) is 7.92. The van der Waals surface area contributed by atoms with Crippen molar-refractivity contribution in [2.45, 2.75) is 31.7 Å². The maximum absolute atomic E-state index is 13.5. The van der Waals surface area contributed by atoms with E-state index >= 15 is 0 Å². The van der Waals surface area contributed by atoms with Crippen LogP contribution in [0.2, 0.25) is 0 Å². The van der Waals surface area contributed by atoms with Crippen molar-refractivity contribution in [2.75, 3.05) is 26.6 Å². The minimum atomic E-state index is -0.471. The van der Waals surface area contributed by atoms with Gasteiger partial charge >= 0.3 is 0 Å². The van der Waals surface area contributed by atoms with Crippen LogP contribution in [0.25, 0.3) is 0 Å². The first kappa shape index (κ1) is 20.2. The van der Waals surface area contributed by atoms with Gasteiger partial charge < -0.3 is 23.9 Å². The van der Waals surface area contributed by atoms with Crippen molar-refractivity contribution in [3.8, 4) is 17.2 Å². The molecular weight excluding hydrogens is 412 g/mol. The number of ketones is 1. The summed E-state index contributed by atoms with van der Waals surface area (Å²) in [6.45, 7) is 1.83. The van der Waals surface area contributed by atoms with Gasteiger partial charge in [-0.05, 0) is 43.2 Å². The Morgan fingerprint density at radius 2 is 1.88 bits per heavy atom. The van der Waals surface area contributed by atoms with Crippen molar-refractivity contribution in [1.29, 1.82) is 0 Å². The van der Waals surface area contributed by atoms with Crippen LogP contribution in [-0.2, 0) is 4.79 Å². The quantitative estimate of drug-likeness (QED) is 0.647. The molecule has 1 N–H and O–H groups in total. The molecular formula is C23H24N4O5. The Labute approximate surface area is 185 Å². The van der Waals surface area contributed by atoms with Crippen molar-refractivity contribution in [3.05, 3.63) is 58.9 Å². The molecule has 3 aromatic rings. The summed E-state index contributed by atoms with van der Waals surface area (Å²) in [7, 11) is 4.70. The summed E-state index contributed by atoms with van der Waals surface area (Å²) in [5.74, 6) is 3.53. The maximum atomic E-state index is 13.5. The molecule has 0 bridgehead atoms. The van der Waals surface area contributed by atoms with Gasteiger partial charge in [0.05, 0.1) is 27.6 Å². The minimum Gasteiger partial charge on any atom is -0.493 e. The van der Waals surface area contributed by atoms with Gasteiger partial charge in [0.1, 0.15) is 17.6 Å². The standard InChI is InChI=1S/C23H24N4O5/c1-12-24-23-25-15-8-13(17-6-5-7-32-17)9-16(28)20(15)21(27(23)26-12)14-10-18(29-2)22(31-4)19(11-14)30-3/h5-7,10-11,13,21H,8-9H2,1-4H3,(H,24,25,26)/t13-,21-/m0/s1. The third-order valence-electron chi connectivity index (χ3n) is 5.97. The summed E-state index contributed by atoms with van der Waals surface area (Å²) in [6.07, 6.45) is 2.64. The third-order valence-corrected chi connectivity index (χ3v) is 5.97. The normalized spacial score (nSPS) is 19.8. The van der Waals surface area contributed by atoms with E-state index in [4.69, 9.17) is 18.6 Å². The van der Waals surface area contributed by atoms with E-state index in [0.29, 0.717) is 47.4 Å². The van der Waals surface area contributed by atoms with Gasteiger partial charge in [-0.3, -0.25) is 4.79 Å². The molecule has 2 atom stereocenters. The van der Waals surface area contributed by atoms with Crippen LogP contribution in [0, 0.1) is 6.92 Å². The fraction of sp³-hybridized carbons (Fsp3) is 0.348. The maximum Gasteiger partial charge on any atom is 0.226 e. The lowest BCUT2D eigenvalue weighted by atomic mass is 9.79. The van der Waals surface area contributed by atoms with Gasteiger partial charge in [0.15, 0.2) is 17.3 Å². The average Bonchev–Trinajstić information content (AvgIpc) is 3.45. The van der Waals surface area contributed by atoms with Gasteiger partial charge in [0, 0.05) is 23.6 Å². The van der Waals surface area contributed by atoms with E-state index < -0.39 is 6.04 Å². The topological polar surface area (TPSA) is 101 Å². The number of carbonyl (C=O) groups excluding carboxylic acids is 1. The number of anilines is 1. The first-order chi connectivity index (χ1) is 15.5. The van der Waals surface area contributed by atoms with E-state index in [9.17, 15) is 4.79 Å². The SMILES string of the molecule is COc1cc([C@H]2C3=C(C[C@H](c4ccco4)CC3=O)Nc3nc(C)nn32)cc(OC)c1OC. The van der Waals surface area contributed by atoms with Crippen molar-refractivity contribution in [1.82, 2.24) is 14.8 Å². The molecule has 166 valence electrons. The monoisotopic (exact) mass is 436 g/mol. The zero-order valence-corrected chi connectivity index (χ0v) is 18.3. The number of methoxy groups -OCH3 is 3. The number of fused-ring (bicyclic) bond motifs is 1. The van der Waals surface area contributed by atoms with Crippen LogP contribution in [0.5, 0.6) is 17.2 Å². The molecule has 0 unspecified atom stereocenters. The Hall–Kier alpha value is -3.75. The van der Waals surface area contributed by atoms with Gasteiger partial charge in [-0.1, -0.05) is 0 Å². The molecule has 32 heavy (non-hydrogen) atoms. The number of carbonyl (C=O) groups is 1. The molecule has 0 saturated heterocycles. The highest BCUT2D eigenvalue weighted by Gasteiger charge is 2.40. The van der Waals surface area contributed by atoms with E-state index in [0.717, 1.165) is 17.0 Å². The second kappa shape index (κ2) is 7.74. The highest BCUT2D eigenvalue weighted by Crippen LogP contribution is 2.47. The van der Waals surface area contributed by atoms with Gasteiger partial charge in [0.25, 0.3) is 0 Å². The predicted octanol–water partition coefficient (Wildman–Crippen LogP) is 3.62. The molecule has 2 aromatic heterocycles. The summed E-state index contributed by atoms with van der Waals surface area (Å²) >= 11 is 0. The first-order valence-electron chi connectivity index (χ1n) is 10.3. The Morgan fingerprint density at radius 1 is 1.12 bits per heavy atom. The predicted molar refractivity (Wildman–Crippen MR) is 115 cm³/mol. The highest BCUT2D eigenvalue weighted by atomic mass is 16.5. The van der Waals surface area contributed by atoms with Crippen LogP contribution in [0.3, 0.4) is 0 Å². The van der Waals surface area contributed by atoms with Gasteiger partial charge in [-0.25, -0.2) is 4.68 Å². The number of ether oxygens (including phenoxy) is 3. The number of aromatic nitrogens is 3. The Kier molecular flexibility index (Phi) is 4.88. The lowest BCUT2D eigenvalue weighted by Gasteiger charge is -2.34. The van der Waals surface area contributed by atoms with E-state index in [-0.39, 0.29) is 11.7 Å². The van der Waals surface area contributed by atoms with Crippen LogP contribution in [0.4, 0.5) is 5.95 Å². The molecule has 1 aliphatic carbocycles. The molecule has 1 aliphatic heterocycles. The smallest absolute Gasteiger partial charge is 0.226 e.